The SMILES string of the molecule is COC(=O)C(=O)c1cccc(Cl)c1.[2H]C([2H])(O)C([2H])(O)c1cccc(Cl)c1. The van der Waals surface area contributed by atoms with Gasteiger partial charge in [-0.25, -0.2) is 4.79 Å². The third-order valence-electron chi connectivity index (χ3n) is 2.66. The van der Waals surface area contributed by atoms with Crippen molar-refractivity contribution in [3.05, 3.63) is 69.7 Å². The van der Waals surface area contributed by atoms with E-state index in [4.69, 9.17) is 32.4 Å². The van der Waals surface area contributed by atoms with Crippen molar-refractivity contribution < 1.29 is 28.7 Å². The zero-order valence-corrected chi connectivity index (χ0v) is 14.0. The van der Waals surface area contributed by atoms with E-state index in [0.29, 0.717) is 5.02 Å². The molecule has 5 nitrogen and oxygen atoms in total. The summed E-state index contributed by atoms with van der Waals surface area (Å²) in [6.45, 7) is -3.04. The second kappa shape index (κ2) is 10.1. The quantitative estimate of drug-likeness (QED) is 0.488. The highest BCUT2D eigenvalue weighted by Gasteiger charge is 2.16. The highest BCUT2D eigenvalue weighted by Crippen LogP contribution is 2.16. The monoisotopic (exact) mass is 373 g/mol. The number of rotatable bonds is 4. The van der Waals surface area contributed by atoms with E-state index in [1.165, 1.54) is 36.4 Å². The molecule has 0 bridgehead atoms. The normalized spacial score (nSPS) is 14.8. The fourth-order valence-electron chi connectivity index (χ4n) is 1.54. The van der Waals surface area contributed by atoms with E-state index >= 15 is 0 Å². The van der Waals surface area contributed by atoms with Gasteiger partial charge in [-0.1, -0.05) is 47.5 Å². The molecule has 0 heterocycles. The van der Waals surface area contributed by atoms with E-state index in [0.717, 1.165) is 7.11 Å². The zero-order valence-electron chi connectivity index (χ0n) is 15.5. The van der Waals surface area contributed by atoms with Crippen LogP contribution in [0.2, 0.25) is 10.0 Å². The Morgan fingerprint density at radius 2 is 1.79 bits per heavy atom. The summed E-state index contributed by atoms with van der Waals surface area (Å²) in [5.41, 5.74) is 0.136. The van der Waals surface area contributed by atoms with Crippen LogP contribution in [0.4, 0.5) is 0 Å². The number of ketones is 1. The molecule has 24 heavy (non-hydrogen) atoms. The molecule has 0 saturated heterocycles. The fourth-order valence-corrected chi connectivity index (χ4v) is 1.92. The Morgan fingerprint density at radius 1 is 1.21 bits per heavy atom. The second-order valence-electron chi connectivity index (χ2n) is 4.30. The molecule has 2 rings (SSSR count). The standard InChI is InChI=1S/C9H7ClO3.C8H9ClO2/c1-13-9(12)8(11)6-3-2-4-7(10)5-6;9-7-3-1-2-6(4-7)8(11)5-10/h2-5H,1H3;1-4,8,10-11H,5H2/i;5D2,8D. The van der Waals surface area contributed by atoms with E-state index in [9.17, 15) is 14.7 Å². The molecule has 0 aliphatic heterocycles. The number of halogens is 2. The molecule has 2 N–H and O–H groups in total. The lowest BCUT2D eigenvalue weighted by molar-refractivity contribution is -0.135. The smallest absolute Gasteiger partial charge is 0.379 e. The van der Waals surface area contributed by atoms with Crippen LogP contribution in [0.3, 0.4) is 0 Å². The molecule has 0 amide bonds. The van der Waals surface area contributed by atoms with Crippen molar-refractivity contribution in [1.82, 2.24) is 0 Å². The maximum Gasteiger partial charge on any atom is 0.379 e. The highest BCUT2D eigenvalue weighted by molar-refractivity contribution is 6.41. The molecule has 1 unspecified atom stereocenters. The third kappa shape index (κ3) is 6.29. The van der Waals surface area contributed by atoms with E-state index in [-0.39, 0.29) is 16.1 Å². The van der Waals surface area contributed by atoms with Crippen LogP contribution in [-0.2, 0) is 9.53 Å². The van der Waals surface area contributed by atoms with E-state index in [2.05, 4.69) is 4.74 Å². The van der Waals surface area contributed by atoms with Crippen LogP contribution < -0.4 is 0 Å². The first kappa shape index (κ1) is 15.6. The second-order valence-corrected chi connectivity index (χ2v) is 5.17. The van der Waals surface area contributed by atoms with E-state index < -0.39 is 24.4 Å². The summed E-state index contributed by atoms with van der Waals surface area (Å²) < 4.78 is 25.3. The lowest BCUT2D eigenvalue weighted by atomic mass is 10.1. The summed E-state index contributed by atoms with van der Waals surface area (Å²) in [5.74, 6) is -1.58. The predicted octanol–water partition coefficient (Wildman–Crippen LogP) is 3.06. The van der Waals surface area contributed by atoms with Crippen molar-refractivity contribution in [1.29, 1.82) is 0 Å². The van der Waals surface area contributed by atoms with Gasteiger partial charge in [0.25, 0.3) is 5.78 Å². The molecule has 0 saturated carbocycles. The molecule has 0 aromatic heterocycles. The fraction of sp³-hybridized carbons (Fsp3) is 0.176. The minimum Gasteiger partial charge on any atom is -0.463 e. The highest BCUT2D eigenvalue weighted by atomic mass is 35.5. The number of esters is 1. The van der Waals surface area contributed by atoms with Gasteiger partial charge in [0.2, 0.25) is 0 Å². The van der Waals surface area contributed by atoms with Gasteiger partial charge in [0.1, 0.15) is 6.08 Å². The number of methoxy groups -OCH3 is 1. The average molecular weight is 374 g/mol. The van der Waals surface area contributed by atoms with Gasteiger partial charge in [-0.15, -0.1) is 0 Å². The summed E-state index contributed by atoms with van der Waals surface area (Å²) in [5, 5.41) is 19.0. The van der Waals surface area contributed by atoms with Gasteiger partial charge < -0.3 is 14.9 Å². The van der Waals surface area contributed by atoms with E-state index in [1.54, 1.807) is 12.1 Å². The van der Waals surface area contributed by atoms with Gasteiger partial charge in [-0.2, -0.15) is 0 Å². The number of hydrogen-bond acceptors (Lipinski definition) is 5. The molecule has 2 aromatic carbocycles. The van der Waals surface area contributed by atoms with E-state index in [1.807, 2.05) is 0 Å². The van der Waals surface area contributed by atoms with Crippen molar-refractivity contribution >= 4 is 35.0 Å². The molecule has 0 aliphatic rings. The maximum absolute atomic E-state index is 11.2. The van der Waals surface area contributed by atoms with Crippen molar-refractivity contribution in [3.63, 3.8) is 0 Å². The molecule has 0 radical (unpaired) electrons. The molecule has 0 fully saturated rings. The van der Waals surface area contributed by atoms with Gasteiger partial charge in [0.05, 0.1) is 17.8 Å². The predicted molar refractivity (Wildman–Crippen MR) is 91.3 cm³/mol. The first-order valence-corrected chi connectivity index (χ1v) is 7.24. The topological polar surface area (TPSA) is 83.8 Å². The molecule has 1 atom stereocenters. The molecule has 2 aromatic rings. The van der Waals surface area contributed by atoms with Crippen LogP contribution >= 0.6 is 23.2 Å². The van der Waals surface area contributed by atoms with Crippen LogP contribution in [0.5, 0.6) is 0 Å². The Hall–Kier alpha value is -1.92. The van der Waals surface area contributed by atoms with Crippen molar-refractivity contribution in [2.45, 2.75) is 6.08 Å². The zero-order chi connectivity index (χ0) is 20.8. The van der Waals surface area contributed by atoms with Gasteiger partial charge in [0, 0.05) is 15.6 Å². The van der Waals surface area contributed by atoms with Crippen molar-refractivity contribution in [2.24, 2.45) is 0 Å². The lowest BCUT2D eigenvalue weighted by Crippen LogP contribution is -2.15. The summed E-state index contributed by atoms with van der Waals surface area (Å²) in [6.07, 6.45) is -2.72. The Labute approximate surface area is 153 Å². The third-order valence-corrected chi connectivity index (χ3v) is 3.13. The first-order valence-electron chi connectivity index (χ1n) is 7.99. The van der Waals surface area contributed by atoms with Crippen molar-refractivity contribution in [2.75, 3.05) is 13.7 Å². The van der Waals surface area contributed by atoms with Gasteiger partial charge in [0.15, 0.2) is 0 Å². The maximum atomic E-state index is 11.2. The molecule has 0 spiro atoms. The number of carbonyl (C=O) groups excluding carboxylic acids is 2. The summed E-state index contributed by atoms with van der Waals surface area (Å²) in [4.78, 5) is 22.0. The Kier molecular flexibility index (Phi) is 6.53. The minimum atomic E-state index is -3.04. The lowest BCUT2D eigenvalue weighted by Gasteiger charge is -2.06. The Morgan fingerprint density at radius 3 is 2.29 bits per heavy atom. The van der Waals surface area contributed by atoms with Crippen LogP contribution in [0.1, 0.15) is 26.1 Å². The number of aliphatic hydroxyl groups is 2. The summed E-state index contributed by atoms with van der Waals surface area (Å²) in [7, 11) is 1.16. The summed E-state index contributed by atoms with van der Waals surface area (Å²) >= 11 is 11.2. The molecule has 128 valence electrons. The number of carbonyl (C=O) groups is 2. The number of benzene rings is 2. The average Bonchev–Trinajstić information content (AvgIpc) is 2.60. The van der Waals surface area contributed by atoms with Crippen LogP contribution in [-0.4, -0.2) is 35.6 Å². The number of ether oxygens (including phenoxy) is 1. The minimum absolute atomic E-state index is 0.0995. The van der Waals surface area contributed by atoms with Crippen LogP contribution in [0.15, 0.2) is 48.5 Å². The molecule has 7 heteroatoms. The first-order chi connectivity index (χ1) is 12.4. The number of Topliss-reactive ketones (excluding diaryl/α,β-unsaturated/α-hetero) is 1. The van der Waals surface area contributed by atoms with Gasteiger partial charge in [-0.3, -0.25) is 4.79 Å². The number of hydrogen-bond donors (Lipinski definition) is 2. The summed E-state index contributed by atoms with van der Waals surface area (Å²) in [6, 6.07) is 11.7. The van der Waals surface area contributed by atoms with Crippen LogP contribution in [0.25, 0.3) is 0 Å². The van der Waals surface area contributed by atoms with Crippen LogP contribution in [0, 0.1) is 0 Å². The van der Waals surface area contributed by atoms with Crippen molar-refractivity contribution in [3.8, 4) is 0 Å². The Balaban J connectivity index is 0.000000271. The van der Waals surface area contributed by atoms with Gasteiger partial charge >= 0.3 is 5.97 Å². The molecular weight excluding hydrogens is 355 g/mol. The van der Waals surface area contributed by atoms with Gasteiger partial charge in [-0.05, 0) is 29.8 Å². The largest absolute Gasteiger partial charge is 0.463 e. The molecular formula is C17H16Cl2O5. The molecule has 0 aliphatic carbocycles. The Bertz CT molecular complexity index is 822.